The standard InChI is InChI=1S/C19H22F3N5O4/c20-19(21,22)13-5-24-14(6-23-13)31-12-1-3-17(4-2-12)7-26(8-17)16(29)27-9-18(10-27)11-30-15(28)25-18/h5-6,12H,1-4,7-11H2,(H,25,28). The Morgan fingerprint density at radius 3 is 2.35 bits per heavy atom. The molecule has 0 radical (unpaired) electrons. The first kappa shape index (κ1) is 20.1. The Bertz CT molecular complexity index is 872. The van der Waals surface area contributed by atoms with Crippen molar-refractivity contribution in [1.29, 1.82) is 0 Å². The summed E-state index contributed by atoms with van der Waals surface area (Å²) in [6.45, 7) is 2.59. The van der Waals surface area contributed by atoms with Gasteiger partial charge in [-0.15, -0.1) is 0 Å². The highest BCUT2D eigenvalue weighted by molar-refractivity contribution is 5.78. The van der Waals surface area contributed by atoms with Crippen LogP contribution in [0.2, 0.25) is 0 Å². The molecule has 2 spiro atoms. The number of alkyl carbamates (subject to hydrolysis) is 1. The molecule has 3 saturated heterocycles. The average molecular weight is 441 g/mol. The van der Waals surface area contributed by atoms with Gasteiger partial charge in [0.05, 0.1) is 25.5 Å². The summed E-state index contributed by atoms with van der Waals surface area (Å²) >= 11 is 0. The third-order valence-corrected chi connectivity index (χ3v) is 6.63. The van der Waals surface area contributed by atoms with Crippen molar-refractivity contribution in [3.05, 3.63) is 18.1 Å². The molecule has 3 aliphatic heterocycles. The number of cyclic esters (lactones) is 1. The topological polar surface area (TPSA) is 96.9 Å². The molecule has 168 valence electrons. The Balaban J connectivity index is 1.06. The monoisotopic (exact) mass is 441 g/mol. The van der Waals surface area contributed by atoms with Crippen LogP contribution in [0.25, 0.3) is 0 Å². The summed E-state index contributed by atoms with van der Waals surface area (Å²) < 4.78 is 48.4. The first-order valence-corrected chi connectivity index (χ1v) is 10.2. The van der Waals surface area contributed by atoms with Crippen LogP contribution >= 0.6 is 0 Å². The highest BCUT2D eigenvalue weighted by Crippen LogP contribution is 2.45. The SMILES string of the molecule is O=C1NC2(CO1)CN(C(=O)N1CC3(CCC(Oc4cnc(C(F)(F)F)cn4)CC3)C1)C2. The van der Waals surface area contributed by atoms with Gasteiger partial charge in [-0.2, -0.15) is 13.2 Å². The number of nitrogens with zero attached hydrogens (tertiary/aromatic N) is 4. The molecule has 4 heterocycles. The lowest BCUT2D eigenvalue weighted by Crippen LogP contribution is -2.73. The van der Waals surface area contributed by atoms with E-state index in [4.69, 9.17) is 9.47 Å². The zero-order valence-electron chi connectivity index (χ0n) is 16.7. The van der Waals surface area contributed by atoms with Gasteiger partial charge >= 0.3 is 18.3 Å². The minimum atomic E-state index is -4.52. The van der Waals surface area contributed by atoms with Crippen molar-refractivity contribution in [2.75, 3.05) is 32.8 Å². The predicted octanol–water partition coefficient (Wildman–Crippen LogP) is 2.03. The second-order valence-electron chi connectivity index (χ2n) is 9.03. The van der Waals surface area contributed by atoms with E-state index in [-0.39, 0.29) is 23.4 Å². The highest BCUT2D eigenvalue weighted by atomic mass is 19.4. The minimum absolute atomic E-state index is 0.0178. The largest absolute Gasteiger partial charge is 0.473 e. The second kappa shape index (κ2) is 6.86. The molecule has 31 heavy (non-hydrogen) atoms. The molecule has 0 unspecified atom stereocenters. The van der Waals surface area contributed by atoms with Crippen molar-refractivity contribution in [1.82, 2.24) is 25.1 Å². The second-order valence-corrected chi connectivity index (χ2v) is 9.03. The van der Waals surface area contributed by atoms with Gasteiger partial charge in [-0.3, -0.25) is 0 Å². The predicted molar refractivity (Wildman–Crippen MR) is 98.1 cm³/mol. The number of nitrogens with one attached hydrogen (secondary N) is 1. The van der Waals surface area contributed by atoms with E-state index in [1.165, 1.54) is 0 Å². The summed E-state index contributed by atoms with van der Waals surface area (Å²) in [6, 6.07) is -0.0178. The van der Waals surface area contributed by atoms with Crippen LogP contribution in [-0.2, 0) is 10.9 Å². The van der Waals surface area contributed by atoms with Crippen molar-refractivity contribution in [3.63, 3.8) is 0 Å². The summed E-state index contributed by atoms with van der Waals surface area (Å²) in [5, 5.41) is 2.77. The van der Waals surface area contributed by atoms with Gasteiger partial charge in [0.2, 0.25) is 5.88 Å². The Labute approximate surface area is 175 Å². The molecule has 1 saturated carbocycles. The number of urea groups is 1. The van der Waals surface area contributed by atoms with Gasteiger partial charge in [0.15, 0.2) is 5.69 Å². The number of hydrogen-bond acceptors (Lipinski definition) is 6. The van der Waals surface area contributed by atoms with Crippen LogP contribution < -0.4 is 10.1 Å². The molecular weight excluding hydrogens is 419 g/mol. The maximum absolute atomic E-state index is 12.6. The molecule has 0 bridgehead atoms. The minimum Gasteiger partial charge on any atom is -0.473 e. The number of halogens is 3. The lowest BCUT2D eigenvalue weighted by atomic mass is 9.68. The van der Waals surface area contributed by atoms with Gasteiger partial charge < -0.3 is 24.6 Å². The summed E-state index contributed by atoms with van der Waals surface area (Å²) in [5.74, 6) is 0.0917. The van der Waals surface area contributed by atoms with E-state index in [9.17, 15) is 22.8 Å². The number of carbonyl (C=O) groups is 2. The maximum atomic E-state index is 12.6. The van der Waals surface area contributed by atoms with Gasteiger partial charge in [-0.1, -0.05) is 0 Å². The molecule has 1 N–H and O–H groups in total. The number of amides is 3. The van der Waals surface area contributed by atoms with Crippen LogP contribution in [0.1, 0.15) is 31.4 Å². The fourth-order valence-electron chi connectivity index (χ4n) is 4.91. The van der Waals surface area contributed by atoms with Gasteiger partial charge in [0.1, 0.15) is 18.2 Å². The Hall–Kier alpha value is -2.79. The Morgan fingerprint density at radius 2 is 1.81 bits per heavy atom. The lowest BCUT2D eigenvalue weighted by molar-refractivity contribution is -0.141. The van der Waals surface area contributed by atoms with Gasteiger partial charge in [0.25, 0.3) is 0 Å². The van der Waals surface area contributed by atoms with E-state index in [1.807, 2.05) is 4.90 Å². The van der Waals surface area contributed by atoms with Crippen LogP contribution in [-0.4, -0.2) is 76.3 Å². The highest BCUT2D eigenvalue weighted by Gasteiger charge is 2.54. The molecule has 1 aromatic rings. The number of rotatable bonds is 2. The van der Waals surface area contributed by atoms with Crippen LogP contribution in [0.15, 0.2) is 12.4 Å². The van der Waals surface area contributed by atoms with Crippen LogP contribution in [0.4, 0.5) is 22.8 Å². The molecule has 0 atom stereocenters. The Morgan fingerprint density at radius 1 is 1.13 bits per heavy atom. The molecule has 5 rings (SSSR count). The van der Waals surface area contributed by atoms with Gasteiger partial charge in [-0.05, 0) is 25.7 Å². The van der Waals surface area contributed by atoms with E-state index < -0.39 is 23.5 Å². The molecule has 9 nitrogen and oxygen atoms in total. The van der Waals surface area contributed by atoms with Crippen molar-refractivity contribution in [3.8, 4) is 5.88 Å². The fourth-order valence-corrected chi connectivity index (χ4v) is 4.91. The Kier molecular flexibility index (Phi) is 4.45. The van der Waals surface area contributed by atoms with E-state index in [1.54, 1.807) is 4.90 Å². The van der Waals surface area contributed by atoms with Crippen molar-refractivity contribution in [2.24, 2.45) is 5.41 Å². The molecule has 1 aromatic heterocycles. The van der Waals surface area contributed by atoms with Crippen LogP contribution in [0, 0.1) is 5.41 Å². The third-order valence-electron chi connectivity index (χ3n) is 6.63. The number of hydrogen-bond donors (Lipinski definition) is 1. The molecule has 4 fully saturated rings. The molecule has 1 aliphatic carbocycles. The molecule has 4 aliphatic rings. The van der Waals surface area contributed by atoms with Gasteiger partial charge in [-0.25, -0.2) is 19.6 Å². The van der Waals surface area contributed by atoms with E-state index in [2.05, 4.69) is 15.3 Å². The number of alkyl halides is 3. The molecular formula is C19H22F3N5O4. The first-order chi connectivity index (χ1) is 14.7. The van der Waals surface area contributed by atoms with Crippen molar-refractivity contribution < 1.29 is 32.2 Å². The number of carbonyl (C=O) groups excluding carboxylic acids is 2. The summed E-state index contributed by atoms with van der Waals surface area (Å²) in [4.78, 5) is 34.5. The van der Waals surface area contributed by atoms with Crippen LogP contribution in [0.5, 0.6) is 5.88 Å². The van der Waals surface area contributed by atoms with Gasteiger partial charge in [0, 0.05) is 18.5 Å². The maximum Gasteiger partial charge on any atom is 0.434 e. The summed E-state index contributed by atoms with van der Waals surface area (Å²) in [6.07, 6.45) is -0.133. The lowest BCUT2D eigenvalue weighted by Gasteiger charge is -2.56. The quantitative estimate of drug-likeness (QED) is 0.755. The number of likely N-dealkylation sites (tertiary alicyclic amines) is 2. The number of aromatic nitrogens is 2. The van der Waals surface area contributed by atoms with E-state index >= 15 is 0 Å². The molecule has 12 heteroatoms. The normalized spacial score (nSPS) is 24.4. The van der Waals surface area contributed by atoms with Crippen LogP contribution in [0.3, 0.4) is 0 Å². The molecule has 0 aromatic carbocycles. The third kappa shape index (κ3) is 3.72. The molecule has 3 amide bonds. The first-order valence-electron chi connectivity index (χ1n) is 10.2. The zero-order chi connectivity index (χ0) is 21.9. The van der Waals surface area contributed by atoms with E-state index in [0.29, 0.717) is 39.0 Å². The summed E-state index contributed by atoms with van der Waals surface area (Å²) in [5.41, 5.74) is -1.39. The van der Waals surface area contributed by atoms with Crippen molar-refractivity contribution in [2.45, 2.75) is 43.5 Å². The van der Waals surface area contributed by atoms with E-state index in [0.717, 1.165) is 31.9 Å². The fraction of sp³-hybridized carbons (Fsp3) is 0.684. The summed E-state index contributed by atoms with van der Waals surface area (Å²) in [7, 11) is 0. The smallest absolute Gasteiger partial charge is 0.434 e. The average Bonchev–Trinajstić information content (AvgIpc) is 3.07. The zero-order valence-corrected chi connectivity index (χ0v) is 16.7. The van der Waals surface area contributed by atoms with Crippen molar-refractivity contribution >= 4 is 12.1 Å². The number of ether oxygens (including phenoxy) is 2.